The van der Waals surface area contributed by atoms with Crippen LogP contribution in [-0.2, 0) is 4.74 Å². The normalized spacial score (nSPS) is 13.0. The molecule has 9 nitrogen and oxygen atoms in total. The lowest BCUT2D eigenvalue weighted by atomic mass is 9.94. The average molecular weight is 1000 g/mol. The van der Waals surface area contributed by atoms with Gasteiger partial charge in [0.15, 0.2) is 11.3 Å². The van der Waals surface area contributed by atoms with Crippen molar-refractivity contribution in [3.63, 3.8) is 0 Å². The largest absolute Gasteiger partial charge is 0.494 e. The van der Waals surface area contributed by atoms with Crippen molar-refractivity contribution in [1.29, 1.82) is 15.8 Å². The molecule has 0 bridgehead atoms. The predicted molar refractivity (Wildman–Crippen MR) is 313 cm³/mol. The number of para-hydroxylation sites is 4. The predicted octanol–water partition coefficient (Wildman–Crippen LogP) is 16.8. The molecule has 3 heterocycles. The molecule has 77 heavy (non-hydrogen) atoms. The lowest BCUT2D eigenvalue weighted by Gasteiger charge is -2.26. The zero-order chi connectivity index (χ0) is 52.9. The molecule has 376 valence electrons. The quantitative estimate of drug-likeness (QED) is 0.0660. The third kappa shape index (κ3) is 9.66. The topological polar surface area (TPSA) is 106 Å². The Morgan fingerprint density at radius 1 is 0.532 bits per heavy atom. The minimum atomic E-state index is -0.853. The Morgan fingerprint density at radius 2 is 0.974 bits per heavy atom. The van der Waals surface area contributed by atoms with Crippen LogP contribution in [0.25, 0.3) is 61.1 Å². The van der Waals surface area contributed by atoms with Crippen LogP contribution < -0.4 is 14.5 Å². The molecule has 10 aromatic rings. The van der Waals surface area contributed by atoms with Crippen molar-refractivity contribution < 1.29 is 9.47 Å². The molecule has 0 fully saturated rings. The number of hydrogen-bond donors (Lipinski definition) is 0. The molecule has 0 atom stereocenters. The van der Waals surface area contributed by atoms with Gasteiger partial charge < -0.3 is 28.4 Å². The summed E-state index contributed by atoms with van der Waals surface area (Å²) in [6.07, 6.45) is 8.00. The first-order valence-electron chi connectivity index (χ1n) is 26.4. The smallest absolute Gasteiger partial charge is 0.172 e. The lowest BCUT2D eigenvalue weighted by molar-refractivity contribution is 0.0954. The van der Waals surface area contributed by atoms with Crippen LogP contribution in [0.15, 0.2) is 223 Å². The van der Waals surface area contributed by atoms with E-state index in [1.165, 1.54) is 43.6 Å². The number of hydrogen-bond acceptors (Lipinski definition) is 7. The summed E-state index contributed by atoms with van der Waals surface area (Å²) < 4.78 is 17.0. The summed E-state index contributed by atoms with van der Waals surface area (Å²) in [6, 6.07) is 75.0. The van der Waals surface area contributed by atoms with Crippen molar-refractivity contribution in [1.82, 2.24) is 9.13 Å². The van der Waals surface area contributed by atoms with E-state index >= 15 is 0 Å². The molecular formula is C68H57N7O2. The van der Waals surface area contributed by atoms with Gasteiger partial charge in [0.2, 0.25) is 0 Å². The SMILES string of the molecule is CCN(CCCCCCOc1ccc(N(c2ccc(-n3c4ccccc4c4ccccc43)cc2)c2ccc(-n3c4ccccc4c4ccccc43)cc2)cc1)c1ccc(/C=C/C2=C(C#N)C(=C(C#N)C#N)OC2(C)C)cc1. The summed E-state index contributed by atoms with van der Waals surface area (Å²) in [5, 5.41) is 33.7. The first-order chi connectivity index (χ1) is 37.8. The number of fused-ring (bicyclic) bond motifs is 6. The van der Waals surface area contributed by atoms with Crippen LogP contribution in [0.4, 0.5) is 22.7 Å². The molecule has 11 rings (SSSR count). The number of nitriles is 3. The Kier molecular flexibility index (Phi) is 13.9. The Labute approximate surface area is 449 Å². The summed E-state index contributed by atoms with van der Waals surface area (Å²) in [4.78, 5) is 4.71. The maximum absolute atomic E-state index is 9.89. The zero-order valence-corrected chi connectivity index (χ0v) is 43.5. The number of nitrogens with zero attached hydrogens (tertiary/aromatic N) is 7. The minimum Gasteiger partial charge on any atom is -0.494 e. The highest BCUT2D eigenvalue weighted by Crippen LogP contribution is 2.42. The Balaban J connectivity index is 0.750. The number of aromatic nitrogens is 2. The van der Waals surface area contributed by atoms with E-state index in [1.54, 1.807) is 0 Å². The van der Waals surface area contributed by atoms with E-state index in [-0.39, 0.29) is 16.9 Å². The summed E-state index contributed by atoms with van der Waals surface area (Å²) in [7, 11) is 0. The Hall–Kier alpha value is -9.75. The molecule has 0 saturated heterocycles. The number of ether oxygens (including phenoxy) is 2. The molecule has 0 N–H and O–H groups in total. The van der Waals surface area contributed by atoms with Gasteiger partial charge in [-0.15, -0.1) is 0 Å². The number of unbranched alkanes of at least 4 members (excludes halogenated alkanes) is 3. The van der Waals surface area contributed by atoms with E-state index in [9.17, 15) is 15.8 Å². The van der Waals surface area contributed by atoms with Gasteiger partial charge in [-0.2, -0.15) is 15.8 Å². The van der Waals surface area contributed by atoms with Gasteiger partial charge in [0.25, 0.3) is 0 Å². The maximum Gasteiger partial charge on any atom is 0.172 e. The van der Waals surface area contributed by atoms with Crippen molar-refractivity contribution >= 4 is 72.4 Å². The number of benzene rings is 8. The fraction of sp³-hybridized carbons (Fsp3) is 0.162. The number of anilines is 4. The molecule has 9 heteroatoms. The van der Waals surface area contributed by atoms with Gasteiger partial charge in [0.05, 0.1) is 28.7 Å². The minimum absolute atomic E-state index is 0.0441. The van der Waals surface area contributed by atoms with Gasteiger partial charge >= 0.3 is 0 Å². The van der Waals surface area contributed by atoms with E-state index in [0.717, 1.165) is 84.2 Å². The second kappa shape index (κ2) is 21.6. The van der Waals surface area contributed by atoms with Gasteiger partial charge in [-0.25, -0.2) is 0 Å². The molecule has 2 aromatic heterocycles. The monoisotopic (exact) mass is 1000 g/mol. The maximum atomic E-state index is 9.89. The van der Waals surface area contributed by atoms with Crippen molar-refractivity contribution in [2.24, 2.45) is 0 Å². The third-order valence-electron chi connectivity index (χ3n) is 14.7. The molecule has 0 unspecified atom stereocenters. The van der Waals surface area contributed by atoms with E-state index < -0.39 is 5.60 Å². The van der Waals surface area contributed by atoms with Crippen LogP contribution in [0.3, 0.4) is 0 Å². The van der Waals surface area contributed by atoms with Crippen LogP contribution in [0.1, 0.15) is 52.0 Å². The lowest BCUT2D eigenvalue weighted by Crippen LogP contribution is -2.23. The van der Waals surface area contributed by atoms with Crippen molar-refractivity contribution in [2.45, 2.75) is 52.1 Å². The van der Waals surface area contributed by atoms with E-state index in [2.05, 4.69) is 226 Å². The van der Waals surface area contributed by atoms with Crippen molar-refractivity contribution in [2.75, 3.05) is 29.5 Å². The highest BCUT2D eigenvalue weighted by Gasteiger charge is 2.38. The molecule has 1 aliphatic rings. The molecule has 8 aromatic carbocycles. The second-order valence-corrected chi connectivity index (χ2v) is 19.8. The summed E-state index contributed by atoms with van der Waals surface area (Å²) in [5.74, 6) is 0.895. The third-order valence-corrected chi connectivity index (χ3v) is 14.7. The van der Waals surface area contributed by atoms with Crippen LogP contribution >= 0.6 is 0 Å². The first kappa shape index (κ1) is 49.5. The van der Waals surface area contributed by atoms with Crippen molar-refractivity contribution in [3.05, 3.63) is 228 Å². The number of allylic oxidation sites excluding steroid dienone is 2. The van der Waals surface area contributed by atoms with Crippen LogP contribution in [0.5, 0.6) is 5.75 Å². The first-order valence-corrected chi connectivity index (χ1v) is 26.4. The van der Waals surface area contributed by atoms with Gasteiger partial charge in [-0.05, 0) is 148 Å². The van der Waals surface area contributed by atoms with E-state index in [0.29, 0.717) is 12.2 Å². The number of rotatable bonds is 17. The average Bonchev–Trinajstić information content (AvgIpc) is 4.21. The molecule has 0 aliphatic carbocycles. The summed E-state index contributed by atoms with van der Waals surface area (Å²) in [6.45, 7) is 8.33. The van der Waals surface area contributed by atoms with Gasteiger partial charge in [-0.3, -0.25) is 0 Å². The standard InChI is InChI=1S/C68H57N7O2/c1-4-72(50-28-25-48(26-29-50)27-42-62-61(47-71)67(49(45-69)46-70)77-68(62,2)3)43-15-5-6-16-44-76-56-40-38-53(39-41-56)73(51-30-34-54(35-31-51)74-63-21-11-7-17-57(63)58-18-8-12-22-64(58)74)52-32-36-55(37-33-52)75-65-23-13-9-19-59(65)60-20-10-14-24-66(60)75/h7-14,17-42H,4-6,15-16,43-44H2,1-3H3/b42-27+. The second-order valence-electron chi connectivity index (χ2n) is 19.8. The van der Waals surface area contributed by atoms with Crippen LogP contribution in [0, 0.1) is 34.0 Å². The van der Waals surface area contributed by atoms with E-state index in [1.807, 2.05) is 38.1 Å². The molecule has 0 spiro atoms. The Bertz CT molecular complexity index is 3740. The summed E-state index contributed by atoms with van der Waals surface area (Å²) >= 11 is 0. The molecule has 0 radical (unpaired) electrons. The molecule has 1 aliphatic heterocycles. The fourth-order valence-corrected chi connectivity index (χ4v) is 10.9. The van der Waals surface area contributed by atoms with E-state index in [4.69, 9.17) is 9.47 Å². The molecule has 0 amide bonds. The highest BCUT2D eigenvalue weighted by atomic mass is 16.5. The summed E-state index contributed by atoms with van der Waals surface area (Å²) in [5.41, 5.74) is 12.0. The molecule has 0 saturated carbocycles. The highest BCUT2D eigenvalue weighted by molar-refractivity contribution is 6.10. The van der Waals surface area contributed by atoms with Crippen molar-refractivity contribution in [3.8, 4) is 35.3 Å². The fourth-order valence-electron chi connectivity index (χ4n) is 10.9. The molecular weight excluding hydrogens is 947 g/mol. The van der Waals surface area contributed by atoms with Gasteiger partial charge in [0.1, 0.15) is 35.1 Å². The van der Waals surface area contributed by atoms with Crippen LogP contribution in [-0.4, -0.2) is 34.4 Å². The van der Waals surface area contributed by atoms with Gasteiger partial charge in [0, 0.05) is 74.3 Å². The van der Waals surface area contributed by atoms with Gasteiger partial charge in [-0.1, -0.05) is 110 Å². The Morgan fingerprint density at radius 3 is 1.43 bits per heavy atom. The van der Waals surface area contributed by atoms with Crippen LogP contribution in [0.2, 0.25) is 0 Å². The zero-order valence-electron chi connectivity index (χ0n) is 43.5.